The number of carbonyl (C=O) groups is 1. The first-order valence-corrected chi connectivity index (χ1v) is 7.95. The Morgan fingerprint density at radius 2 is 1.95 bits per heavy atom. The second-order valence-electron chi connectivity index (χ2n) is 6.16. The summed E-state index contributed by atoms with van der Waals surface area (Å²) in [4.78, 5) is 18.3. The Kier molecular flexibility index (Phi) is 8.19. The molecule has 1 rings (SSSR count). The molecule has 1 fully saturated rings. The second-order valence-corrected chi connectivity index (χ2v) is 6.16. The van der Waals surface area contributed by atoms with Crippen molar-refractivity contribution < 1.29 is 14.3 Å². The largest absolute Gasteiger partial charge is 0.459 e. The van der Waals surface area contributed by atoms with E-state index in [4.69, 9.17) is 9.47 Å². The highest BCUT2D eigenvalue weighted by Gasteiger charge is 2.16. The van der Waals surface area contributed by atoms with Crippen molar-refractivity contribution >= 4 is 11.9 Å². The summed E-state index contributed by atoms with van der Waals surface area (Å²) in [5, 5.41) is 6.36. The van der Waals surface area contributed by atoms with Crippen molar-refractivity contribution in [1.29, 1.82) is 0 Å². The van der Waals surface area contributed by atoms with E-state index in [1.165, 1.54) is 0 Å². The standard InChI is InChI=1S/C15H30N4O3/c1-5-16-14(18-12-13(20)22-15(2,3)4)17-6-7-19-8-10-21-11-9-19/h5-12H2,1-4H3,(H2,16,17,18). The number of morpholine rings is 1. The Bertz CT molecular complexity index is 360. The SMILES string of the molecule is CCNC(=NCC(=O)OC(C)(C)C)NCCN1CCOCC1. The molecule has 1 saturated heterocycles. The van der Waals surface area contributed by atoms with Crippen molar-refractivity contribution in [2.75, 3.05) is 52.5 Å². The van der Waals surface area contributed by atoms with Gasteiger partial charge in [0.1, 0.15) is 12.1 Å². The Morgan fingerprint density at radius 3 is 2.55 bits per heavy atom. The van der Waals surface area contributed by atoms with Gasteiger partial charge in [-0.2, -0.15) is 0 Å². The van der Waals surface area contributed by atoms with Crippen LogP contribution in [0.25, 0.3) is 0 Å². The van der Waals surface area contributed by atoms with Gasteiger partial charge in [0.15, 0.2) is 5.96 Å². The molecule has 0 unspecified atom stereocenters. The molecule has 1 aliphatic rings. The molecule has 0 radical (unpaired) electrons. The van der Waals surface area contributed by atoms with Gasteiger partial charge in [-0.15, -0.1) is 0 Å². The lowest BCUT2D eigenvalue weighted by Crippen LogP contribution is -2.44. The van der Waals surface area contributed by atoms with E-state index >= 15 is 0 Å². The van der Waals surface area contributed by atoms with E-state index in [0.29, 0.717) is 5.96 Å². The predicted octanol–water partition coefficient (Wildman–Crippen LogP) is 0.215. The maximum Gasteiger partial charge on any atom is 0.328 e. The van der Waals surface area contributed by atoms with Crippen LogP contribution < -0.4 is 10.6 Å². The molecule has 0 bridgehead atoms. The highest BCUT2D eigenvalue weighted by Crippen LogP contribution is 2.06. The maximum atomic E-state index is 11.7. The van der Waals surface area contributed by atoms with Crippen molar-refractivity contribution in [3.05, 3.63) is 0 Å². The molecule has 0 aromatic heterocycles. The molecule has 128 valence electrons. The number of esters is 1. The van der Waals surface area contributed by atoms with Gasteiger partial charge in [-0.1, -0.05) is 0 Å². The molecular formula is C15H30N4O3. The van der Waals surface area contributed by atoms with Crippen LogP contribution in [0.15, 0.2) is 4.99 Å². The highest BCUT2D eigenvalue weighted by molar-refractivity contribution is 5.83. The van der Waals surface area contributed by atoms with Gasteiger partial charge in [0.05, 0.1) is 13.2 Å². The minimum absolute atomic E-state index is 0.0180. The molecule has 7 heteroatoms. The lowest BCUT2D eigenvalue weighted by atomic mass is 10.2. The van der Waals surface area contributed by atoms with Crippen molar-refractivity contribution in [3.63, 3.8) is 0 Å². The third kappa shape index (κ3) is 8.84. The molecular weight excluding hydrogens is 284 g/mol. The fraction of sp³-hybridized carbons (Fsp3) is 0.867. The molecule has 0 spiro atoms. The Hall–Kier alpha value is -1.34. The molecule has 0 aliphatic carbocycles. The van der Waals surface area contributed by atoms with E-state index in [1.54, 1.807) is 0 Å². The number of guanidine groups is 1. The minimum atomic E-state index is -0.477. The summed E-state index contributed by atoms with van der Waals surface area (Å²) < 4.78 is 10.6. The molecule has 7 nitrogen and oxygen atoms in total. The molecule has 22 heavy (non-hydrogen) atoms. The molecule has 0 atom stereocenters. The summed E-state index contributed by atoms with van der Waals surface area (Å²) in [5.41, 5.74) is -0.477. The van der Waals surface area contributed by atoms with Gasteiger partial charge in [-0.3, -0.25) is 9.69 Å². The van der Waals surface area contributed by atoms with Gasteiger partial charge in [-0.25, -0.2) is 4.99 Å². The van der Waals surface area contributed by atoms with Crippen LogP contribution in [0.2, 0.25) is 0 Å². The van der Waals surface area contributed by atoms with Crippen LogP contribution in [0, 0.1) is 0 Å². The lowest BCUT2D eigenvalue weighted by molar-refractivity contribution is -0.152. The lowest BCUT2D eigenvalue weighted by Gasteiger charge is -2.26. The highest BCUT2D eigenvalue weighted by atomic mass is 16.6. The summed E-state index contributed by atoms with van der Waals surface area (Å²) in [7, 11) is 0. The van der Waals surface area contributed by atoms with E-state index < -0.39 is 5.60 Å². The van der Waals surface area contributed by atoms with E-state index in [0.717, 1.165) is 45.9 Å². The summed E-state index contributed by atoms with van der Waals surface area (Å²) in [6, 6.07) is 0. The summed E-state index contributed by atoms with van der Waals surface area (Å²) >= 11 is 0. The zero-order valence-electron chi connectivity index (χ0n) is 14.3. The fourth-order valence-corrected chi connectivity index (χ4v) is 2.02. The summed E-state index contributed by atoms with van der Waals surface area (Å²) in [5.74, 6) is 0.319. The molecule has 1 heterocycles. The first-order chi connectivity index (χ1) is 10.4. The van der Waals surface area contributed by atoms with Crippen LogP contribution in [-0.4, -0.2) is 74.9 Å². The van der Waals surface area contributed by atoms with E-state index in [-0.39, 0.29) is 12.5 Å². The van der Waals surface area contributed by atoms with E-state index in [2.05, 4.69) is 20.5 Å². The van der Waals surface area contributed by atoms with Crippen molar-refractivity contribution in [3.8, 4) is 0 Å². The molecule has 2 N–H and O–H groups in total. The molecule has 1 aliphatic heterocycles. The van der Waals surface area contributed by atoms with Crippen molar-refractivity contribution in [2.24, 2.45) is 4.99 Å². The van der Waals surface area contributed by atoms with Gasteiger partial charge < -0.3 is 20.1 Å². The smallest absolute Gasteiger partial charge is 0.328 e. The number of hydrogen-bond donors (Lipinski definition) is 2. The van der Waals surface area contributed by atoms with Gasteiger partial charge in [0.25, 0.3) is 0 Å². The zero-order chi connectivity index (χ0) is 16.4. The van der Waals surface area contributed by atoms with Crippen molar-refractivity contribution in [2.45, 2.75) is 33.3 Å². The second kappa shape index (κ2) is 9.63. The number of rotatable bonds is 6. The monoisotopic (exact) mass is 314 g/mol. The summed E-state index contributed by atoms with van der Waals surface area (Å²) in [6.45, 7) is 13.5. The molecule has 0 aromatic rings. The third-order valence-electron chi connectivity index (χ3n) is 2.95. The minimum Gasteiger partial charge on any atom is -0.459 e. The number of nitrogens with zero attached hydrogens (tertiary/aromatic N) is 2. The number of carbonyl (C=O) groups excluding carboxylic acids is 1. The van der Waals surface area contributed by atoms with Crippen LogP contribution in [0.5, 0.6) is 0 Å². The fourth-order valence-electron chi connectivity index (χ4n) is 2.02. The van der Waals surface area contributed by atoms with Gasteiger partial charge in [0, 0.05) is 32.7 Å². The average molecular weight is 314 g/mol. The van der Waals surface area contributed by atoms with Crippen LogP contribution >= 0.6 is 0 Å². The number of hydrogen-bond acceptors (Lipinski definition) is 5. The molecule has 0 aromatic carbocycles. The van der Waals surface area contributed by atoms with Crippen LogP contribution in [-0.2, 0) is 14.3 Å². The number of aliphatic imine (C=N–C) groups is 1. The average Bonchev–Trinajstić information content (AvgIpc) is 2.44. The molecule has 0 amide bonds. The first-order valence-electron chi connectivity index (χ1n) is 7.95. The van der Waals surface area contributed by atoms with Crippen molar-refractivity contribution in [1.82, 2.24) is 15.5 Å². The third-order valence-corrected chi connectivity index (χ3v) is 2.95. The van der Waals surface area contributed by atoms with Gasteiger partial charge in [0.2, 0.25) is 0 Å². The van der Waals surface area contributed by atoms with E-state index in [9.17, 15) is 4.79 Å². The van der Waals surface area contributed by atoms with Crippen LogP contribution in [0.3, 0.4) is 0 Å². The number of ether oxygens (including phenoxy) is 2. The maximum absolute atomic E-state index is 11.7. The van der Waals surface area contributed by atoms with Crippen LogP contribution in [0.1, 0.15) is 27.7 Å². The predicted molar refractivity (Wildman–Crippen MR) is 87.1 cm³/mol. The number of nitrogens with one attached hydrogen (secondary N) is 2. The van der Waals surface area contributed by atoms with Gasteiger partial charge >= 0.3 is 5.97 Å². The topological polar surface area (TPSA) is 75.2 Å². The Balaban J connectivity index is 2.33. The normalized spacial score (nSPS) is 17.2. The van der Waals surface area contributed by atoms with Gasteiger partial charge in [-0.05, 0) is 27.7 Å². The Labute approximate surface area is 133 Å². The quantitative estimate of drug-likeness (QED) is 0.415. The first kappa shape index (κ1) is 18.7. The zero-order valence-corrected chi connectivity index (χ0v) is 14.3. The van der Waals surface area contributed by atoms with Crippen LogP contribution in [0.4, 0.5) is 0 Å². The molecule has 0 saturated carbocycles. The summed E-state index contributed by atoms with van der Waals surface area (Å²) in [6.07, 6.45) is 0. The van der Waals surface area contributed by atoms with E-state index in [1.807, 2.05) is 27.7 Å². The Morgan fingerprint density at radius 1 is 1.27 bits per heavy atom.